The number of aromatic nitrogens is 3. The van der Waals surface area contributed by atoms with Crippen LogP contribution in [-0.4, -0.2) is 15.0 Å². The van der Waals surface area contributed by atoms with Gasteiger partial charge in [0.2, 0.25) is 5.28 Å². The number of nitrogens with one attached hydrogen (secondary N) is 2. The van der Waals surface area contributed by atoms with Crippen molar-refractivity contribution in [3.05, 3.63) is 62.3 Å². The molecular weight excluding hydrogens is 312 g/mol. The van der Waals surface area contributed by atoms with E-state index in [1.165, 1.54) is 5.56 Å². The van der Waals surface area contributed by atoms with Gasteiger partial charge in [0.1, 0.15) is 5.82 Å². The van der Waals surface area contributed by atoms with E-state index in [1.54, 1.807) is 6.07 Å². The van der Waals surface area contributed by atoms with Gasteiger partial charge in [-0.05, 0) is 55.5 Å². The number of pyridine rings is 1. The molecule has 0 unspecified atom stereocenters. The number of H-pyrrole nitrogens is 1. The SMILES string of the molecule is Cc1cc(C)c2[nH]c(=O)c(CNc3cc(C)nc(Cl)n3)cc2c1. The van der Waals surface area contributed by atoms with Crippen molar-refractivity contribution in [2.75, 3.05) is 5.32 Å². The summed E-state index contributed by atoms with van der Waals surface area (Å²) in [4.78, 5) is 23.3. The van der Waals surface area contributed by atoms with Gasteiger partial charge in [-0.1, -0.05) is 11.6 Å². The molecule has 3 rings (SSSR count). The predicted molar refractivity (Wildman–Crippen MR) is 93.1 cm³/mol. The van der Waals surface area contributed by atoms with E-state index in [2.05, 4.69) is 32.4 Å². The van der Waals surface area contributed by atoms with Crippen molar-refractivity contribution < 1.29 is 0 Å². The van der Waals surface area contributed by atoms with Gasteiger partial charge in [0.05, 0.1) is 5.52 Å². The first-order valence-corrected chi connectivity index (χ1v) is 7.68. The summed E-state index contributed by atoms with van der Waals surface area (Å²) < 4.78 is 0. The van der Waals surface area contributed by atoms with Crippen molar-refractivity contribution in [1.29, 1.82) is 0 Å². The molecular formula is C17H17ClN4O. The van der Waals surface area contributed by atoms with Crippen LogP contribution < -0.4 is 10.9 Å². The van der Waals surface area contributed by atoms with Crippen LogP contribution in [0.25, 0.3) is 10.9 Å². The third-order valence-electron chi connectivity index (χ3n) is 3.66. The van der Waals surface area contributed by atoms with Crippen molar-refractivity contribution in [2.45, 2.75) is 27.3 Å². The Kier molecular flexibility index (Phi) is 4.05. The highest BCUT2D eigenvalue weighted by atomic mass is 35.5. The van der Waals surface area contributed by atoms with Crippen molar-refractivity contribution in [2.24, 2.45) is 0 Å². The van der Waals surface area contributed by atoms with Crippen LogP contribution in [0.5, 0.6) is 0 Å². The number of hydrogen-bond acceptors (Lipinski definition) is 4. The van der Waals surface area contributed by atoms with Crippen LogP contribution in [0.2, 0.25) is 5.28 Å². The first-order chi connectivity index (χ1) is 10.9. The zero-order valence-corrected chi connectivity index (χ0v) is 14.0. The van der Waals surface area contributed by atoms with E-state index < -0.39 is 0 Å². The Balaban J connectivity index is 1.93. The number of aryl methyl sites for hydroxylation is 3. The lowest BCUT2D eigenvalue weighted by Gasteiger charge is -2.09. The molecule has 118 valence electrons. The van der Waals surface area contributed by atoms with Crippen LogP contribution in [0.4, 0.5) is 5.82 Å². The molecule has 0 aliphatic heterocycles. The van der Waals surface area contributed by atoms with Gasteiger partial charge < -0.3 is 10.3 Å². The normalized spacial score (nSPS) is 11.0. The number of benzene rings is 1. The Hall–Kier alpha value is -2.40. The monoisotopic (exact) mass is 328 g/mol. The molecule has 6 heteroatoms. The fourth-order valence-corrected chi connectivity index (χ4v) is 2.90. The minimum atomic E-state index is -0.103. The number of halogens is 1. The van der Waals surface area contributed by atoms with Gasteiger partial charge in [-0.15, -0.1) is 0 Å². The molecule has 0 spiro atoms. The number of fused-ring (bicyclic) bond motifs is 1. The van der Waals surface area contributed by atoms with E-state index >= 15 is 0 Å². The van der Waals surface area contributed by atoms with Crippen molar-refractivity contribution in [3.8, 4) is 0 Å². The Labute approximate surface area is 138 Å². The zero-order valence-electron chi connectivity index (χ0n) is 13.2. The van der Waals surface area contributed by atoms with E-state index in [-0.39, 0.29) is 10.8 Å². The molecule has 0 radical (unpaired) electrons. The molecule has 2 heterocycles. The molecule has 0 aliphatic carbocycles. The highest BCUT2D eigenvalue weighted by Gasteiger charge is 2.07. The third-order valence-corrected chi connectivity index (χ3v) is 3.83. The van der Waals surface area contributed by atoms with Crippen LogP contribution in [0.1, 0.15) is 22.4 Å². The van der Waals surface area contributed by atoms with E-state index in [1.807, 2.05) is 26.8 Å². The molecule has 0 atom stereocenters. The van der Waals surface area contributed by atoms with Gasteiger partial charge in [0.15, 0.2) is 0 Å². The molecule has 23 heavy (non-hydrogen) atoms. The van der Waals surface area contributed by atoms with E-state index in [0.717, 1.165) is 22.2 Å². The molecule has 1 aromatic carbocycles. The molecule has 0 fully saturated rings. The summed E-state index contributed by atoms with van der Waals surface area (Å²) in [6.07, 6.45) is 0. The zero-order chi connectivity index (χ0) is 16.6. The topological polar surface area (TPSA) is 70.7 Å². The summed E-state index contributed by atoms with van der Waals surface area (Å²) >= 11 is 5.85. The lowest BCUT2D eigenvalue weighted by molar-refractivity contribution is 1.04. The Morgan fingerprint density at radius 3 is 2.65 bits per heavy atom. The number of aromatic amines is 1. The summed E-state index contributed by atoms with van der Waals surface area (Å²) in [5.41, 5.74) is 4.43. The lowest BCUT2D eigenvalue weighted by atomic mass is 10.1. The number of nitrogens with zero attached hydrogens (tertiary/aromatic N) is 2. The van der Waals surface area contributed by atoms with Crippen LogP contribution in [-0.2, 0) is 6.54 Å². The molecule has 2 aromatic heterocycles. The van der Waals surface area contributed by atoms with Crippen molar-refractivity contribution in [1.82, 2.24) is 15.0 Å². The quantitative estimate of drug-likeness (QED) is 0.722. The fraction of sp³-hybridized carbons (Fsp3) is 0.235. The molecule has 2 N–H and O–H groups in total. The second kappa shape index (κ2) is 6.01. The molecule has 3 aromatic rings. The minimum Gasteiger partial charge on any atom is -0.366 e. The Morgan fingerprint density at radius 1 is 1.13 bits per heavy atom. The Morgan fingerprint density at radius 2 is 1.91 bits per heavy atom. The van der Waals surface area contributed by atoms with Gasteiger partial charge >= 0.3 is 0 Å². The van der Waals surface area contributed by atoms with E-state index in [4.69, 9.17) is 11.6 Å². The highest BCUT2D eigenvalue weighted by Crippen LogP contribution is 2.18. The maximum absolute atomic E-state index is 12.3. The predicted octanol–water partition coefficient (Wildman–Crippen LogP) is 3.51. The first-order valence-electron chi connectivity index (χ1n) is 7.30. The molecule has 0 bridgehead atoms. The second-order valence-electron chi connectivity index (χ2n) is 5.69. The van der Waals surface area contributed by atoms with E-state index in [9.17, 15) is 4.79 Å². The smallest absolute Gasteiger partial charge is 0.253 e. The Bertz CT molecular complexity index is 929. The number of anilines is 1. The van der Waals surface area contributed by atoms with Gasteiger partial charge in [-0.2, -0.15) is 0 Å². The average Bonchev–Trinajstić information content (AvgIpc) is 2.45. The summed E-state index contributed by atoms with van der Waals surface area (Å²) in [7, 11) is 0. The highest BCUT2D eigenvalue weighted by molar-refractivity contribution is 6.28. The van der Waals surface area contributed by atoms with Gasteiger partial charge in [0, 0.05) is 23.9 Å². The lowest BCUT2D eigenvalue weighted by Crippen LogP contribution is -2.16. The molecule has 0 amide bonds. The van der Waals surface area contributed by atoms with Crippen LogP contribution in [0.3, 0.4) is 0 Å². The molecule has 5 nitrogen and oxygen atoms in total. The second-order valence-corrected chi connectivity index (χ2v) is 6.02. The van der Waals surface area contributed by atoms with Crippen molar-refractivity contribution in [3.63, 3.8) is 0 Å². The van der Waals surface area contributed by atoms with Gasteiger partial charge in [0.25, 0.3) is 5.56 Å². The third kappa shape index (κ3) is 3.35. The fourth-order valence-electron chi connectivity index (χ4n) is 2.67. The summed E-state index contributed by atoms with van der Waals surface area (Å²) in [5, 5.41) is 4.33. The average molecular weight is 329 g/mol. The van der Waals surface area contributed by atoms with Gasteiger partial charge in [-0.3, -0.25) is 4.79 Å². The molecule has 0 aliphatic rings. The molecule has 0 saturated carbocycles. The minimum absolute atomic E-state index is 0.103. The maximum Gasteiger partial charge on any atom is 0.253 e. The molecule has 0 saturated heterocycles. The summed E-state index contributed by atoms with van der Waals surface area (Å²) in [6.45, 7) is 6.24. The van der Waals surface area contributed by atoms with Crippen LogP contribution in [0, 0.1) is 20.8 Å². The van der Waals surface area contributed by atoms with Crippen LogP contribution >= 0.6 is 11.6 Å². The standard InChI is InChI=1S/C17H17ClN4O/c1-9-4-10(2)15-12(5-9)7-13(16(23)22-15)8-19-14-6-11(3)20-17(18)21-14/h4-7H,8H2,1-3H3,(H,22,23)(H,19,20,21). The number of hydrogen-bond donors (Lipinski definition) is 2. The van der Waals surface area contributed by atoms with Crippen molar-refractivity contribution >= 4 is 28.3 Å². The van der Waals surface area contributed by atoms with E-state index in [0.29, 0.717) is 17.9 Å². The summed E-state index contributed by atoms with van der Waals surface area (Å²) in [6, 6.07) is 7.82. The largest absolute Gasteiger partial charge is 0.366 e. The van der Waals surface area contributed by atoms with Crippen LogP contribution in [0.15, 0.2) is 29.1 Å². The van der Waals surface area contributed by atoms with Gasteiger partial charge in [-0.25, -0.2) is 9.97 Å². The number of rotatable bonds is 3. The summed E-state index contributed by atoms with van der Waals surface area (Å²) in [5.74, 6) is 0.599. The maximum atomic E-state index is 12.3. The first kappa shape index (κ1) is 15.5.